The summed E-state index contributed by atoms with van der Waals surface area (Å²) in [6.07, 6.45) is 4.09. The van der Waals surface area contributed by atoms with Crippen molar-refractivity contribution in [2.75, 3.05) is 4.90 Å². The maximum Gasteiger partial charge on any atom is 0.327 e. The van der Waals surface area contributed by atoms with Crippen LogP contribution in [0.2, 0.25) is 0 Å². The molecule has 0 saturated heterocycles. The van der Waals surface area contributed by atoms with Crippen molar-refractivity contribution >= 4 is 29.4 Å². The molecule has 0 aliphatic carbocycles. The van der Waals surface area contributed by atoms with Crippen LogP contribution in [-0.2, 0) is 27.2 Å². The number of aliphatic carboxylic acids is 1. The van der Waals surface area contributed by atoms with Gasteiger partial charge in [-0.15, -0.1) is 0 Å². The molecule has 9 heteroatoms. The van der Waals surface area contributed by atoms with Crippen molar-refractivity contribution in [1.82, 2.24) is 15.6 Å². The zero-order valence-electron chi connectivity index (χ0n) is 18.4. The van der Waals surface area contributed by atoms with Gasteiger partial charge in [0.05, 0.1) is 5.69 Å². The number of nitrogens with one attached hydrogen (secondary N) is 2. The minimum atomic E-state index is -1.08. The van der Waals surface area contributed by atoms with Gasteiger partial charge in [0.2, 0.25) is 11.8 Å². The summed E-state index contributed by atoms with van der Waals surface area (Å²) in [5.41, 5.74) is 2.74. The van der Waals surface area contributed by atoms with Crippen LogP contribution in [0, 0.1) is 5.92 Å². The molecule has 2 aromatic rings. The molecule has 3 amide bonds. The number of carboxylic acids is 1. The molecule has 1 aromatic carbocycles. The van der Waals surface area contributed by atoms with E-state index >= 15 is 0 Å². The largest absolute Gasteiger partial charge is 0.480 e. The molecule has 0 radical (unpaired) electrons. The number of hydrogen-bond acceptors (Lipinski definition) is 5. The molecule has 0 spiro atoms. The molecule has 3 N–H and O–H groups in total. The standard InChI is InChI=1S/C24H26N4O5/c1-13(2)19(27-21(29)15-8-10-25-11-9-15)22(30)26-17-7-6-14-4-3-5-16-12-18(24(32)33)28(20(14)16)23(17)31/h3-5,8-11,13,17-19H,6-7,12H2,1-2H3,(H,26,30)(H,27,29)(H,32,33)/t17-,18-,19-/m0/s1. The molecule has 0 unspecified atom stereocenters. The third kappa shape index (κ3) is 4.30. The second-order valence-electron chi connectivity index (χ2n) is 8.72. The highest BCUT2D eigenvalue weighted by Gasteiger charge is 2.44. The molecule has 0 saturated carbocycles. The molecule has 33 heavy (non-hydrogen) atoms. The third-order valence-electron chi connectivity index (χ3n) is 6.19. The predicted molar refractivity (Wildman–Crippen MR) is 120 cm³/mol. The van der Waals surface area contributed by atoms with Crippen LogP contribution in [0.4, 0.5) is 5.69 Å². The zero-order valence-corrected chi connectivity index (χ0v) is 18.4. The number of carbonyl (C=O) groups excluding carboxylic acids is 3. The number of amides is 3. The van der Waals surface area contributed by atoms with Crippen molar-refractivity contribution in [2.45, 2.75) is 51.2 Å². The lowest BCUT2D eigenvalue weighted by Gasteiger charge is -2.28. The van der Waals surface area contributed by atoms with Crippen LogP contribution in [-0.4, -0.2) is 51.9 Å². The van der Waals surface area contributed by atoms with E-state index in [1.165, 1.54) is 17.3 Å². The minimum absolute atomic E-state index is 0.237. The number of pyridine rings is 1. The van der Waals surface area contributed by atoms with Gasteiger partial charge >= 0.3 is 5.97 Å². The van der Waals surface area contributed by atoms with Gasteiger partial charge in [0.15, 0.2) is 0 Å². The molecular weight excluding hydrogens is 424 g/mol. The van der Waals surface area contributed by atoms with Gasteiger partial charge < -0.3 is 15.7 Å². The first-order valence-corrected chi connectivity index (χ1v) is 11.0. The lowest BCUT2D eigenvalue weighted by molar-refractivity contribution is -0.140. The second kappa shape index (κ2) is 9.01. The fraction of sp³-hybridized carbons (Fsp3) is 0.375. The third-order valence-corrected chi connectivity index (χ3v) is 6.19. The van der Waals surface area contributed by atoms with Crippen molar-refractivity contribution in [1.29, 1.82) is 0 Å². The van der Waals surface area contributed by atoms with Crippen LogP contribution < -0.4 is 15.5 Å². The maximum absolute atomic E-state index is 13.4. The van der Waals surface area contributed by atoms with Crippen molar-refractivity contribution in [2.24, 2.45) is 5.92 Å². The Kier molecular flexibility index (Phi) is 6.13. The lowest BCUT2D eigenvalue weighted by atomic mass is 10.00. The number of benzene rings is 1. The summed E-state index contributed by atoms with van der Waals surface area (Å²) in [6, 6.07) is 5.93. The van der Waals surface area contributed by atoms with E-state index in [1.54, 1.807) is 26.0 Å². The molecule has 0 bridgehead atoms. The quantitative estimate of drug-likeness (QED) is 0.609. The Morgan fingerprint density at radius 2 is 1.82 bits per heavy atom. The Hall–Kier alpha value is -3.75. The first kappa shape index (κ1) is 22.4. The van der Waals surface area contributed by atoms with Crippen molar-refractivity contribution < 1.29 is 24.3 Å². The number of nitrogens with zero attached hydrogens (tertiary/aromatic N) is 2. The van der Waals surface area contributed by atoms with Crippen LogP contribution in [0.1, 0.15) is 41.8 Å². The van der Waals surface area contributed by atoms with Gasteiger partial charge in [0.1, 0.15) is 18.1 Å². The first-order chi connectivity index (χ1) is 15.8. The molecule has 9 nitrogen and oxygen atoms in total. The van der Waals surface area contributed by atoms with Crippen LogP contribution in [0.3, 0.4) is 0 Å². The van der Waals surface area contributed by atoms with E-state index in [2.05, 4.69) is 15.6 Å². The summed E-state index contributed by atoms with van der Waals surface area (Å²) in [5.74, 6) is -2.66. The Morgan fingerprint density at radius 3 is 2.48 bits per heavy atom. The number of anilines is 1. The smallest absolute Gasteiger partial charge is 0.327 e. The van der Waals surface area contributed by atoms with Gasteiger partial charge in [-0.05, 0) is 42.0 Å². The molecule has 2 aliphatic heterocycles. The van der Waals surface area contributed by atoms with E-state index in [4.69, 9.17) is 0 Å². The van der Waals surface area contributed by atoms with Crippen LogP contribution in [0.25, 0.3) is 0 Å². The van der Waals surface area contributed by atoms with Crippen LogP contribution >= 0.6 is 0 Å². The van der Waals surface area contributed by atoms with E-state index in [9.17, 15) is 24.3 Å². The number of carboxylic acid groups (broad SMARTS) is 1. The first-order valence-electron chi connectivity index (χ1n) is 11.0. The molecule has 172 valence electrons. The number of para-hydroxylation sites is 1. The van der Waals surface area contributed by atoms with Gasteiger partial charge in [-0.1, -0.05) is 32.0 Å². The average Bonchev–Trinajstić information content (AvgIpc) is 3.14. The van der Waals surface area contributed by atoms with Gasteiger partial charge in [-0.3, -0.25) is 24.3 Å². The topological polar surface area (TPSA) is 129 Å². The number of hydrogen-bond donors (Lipinski definition) is 3. The SMILES string of the molecule is CC(C)[C@H](NC(=O)c1ccncc1)C(=O)N[C@H]1CCc2cccc3c2N(C1=O)[C@H](C(=O)O)C3. The molecule has 3 atom stereocenters. The Balaban J connectivity index is 1.54. The van der Waals surface area contributed by atoms with Gasteiger partial charge in [-0.25, -0.2) is 4.79 Å². The van der Waals surface area contributed by atoms with E-state index in [-0.39, 0.29) is 12.3 Å². The molecule has 3 heterocycles. The summed E-state index contributed by atoms with van der Waals surface area (Å²) in [4.78, 5) is 56.2. The van der Waals surface area contributed by atoms with Gasteiger partial charge in [0.25, 0.3) is 5.91 Å². The summed E-state index contributed by atoms with van der Waals surface area (Å²) in [7, 11) is 0. The Morgan fingerprint density at radius 1 is 1.12 bits per heavy atom. The molecule has 0 fully saturated rings. The lowest BCUT2D eigenvalue weighted by Crippen LogP contribution is -2.57. The van der Waals surface area contributed by atoms with Crippen LogP contribution in [0.5, 0.6) is 0 Å². The van der Waals surface area contributed by atoms with Gasteiger partial charge in [-0.2, -0.15) is 0 Å². The summed E-state index contributed by atoms with van der Waals surface area (Å²) in [5, 5.41) is 15.2. The fourth-order valence-corrected chi connectivity index (χ4v) is 4.49. The van der Waals surface area contributed by atoms with Crippen molar-refractivity contribution in [3.63, 3.8) is 0 Å². The normalized spacial score (nSPS) is 20.1. The zero-order chi connectivity index (χ0) is 23.7. The van der Waals surface area contributed by atoms with E-state index in [1.807, 2.05) is 18.2 Å². The molecule has 2 aliphatic rings. The highest BCUT2D eigenvalue weighted by molar-refractivity contribution is 6.07. The number of rotatable bonds is 6. The highest BCUT2D eigenvalue weighted by atomic mass is 16.4. The number of aromatic nitrogens is 1. The fourth-order valence-electron chi connectivity index (χ4n) is 4.49. The number of carbonyl (C=O) groups is 4. The molecule has 4 rings (SSSR count). The summed E-state index contributed by atoms with van der Waals surface area (Å²) < 4.78 is 0. The molecular formula is C24H26N4O5. The van der Waals surface area contributed by atoms with E-state index < -0.39 is 41.8 Å². The minimum Gasteiger partial charge on any atom is -0.480 e. The van der Waals surface area contributed by atoms with Crippen LogP contribution in [0.15, 0.2) is 42.7 Å². The predicted octanol–water partition coefficient (Wildman–Crippen LogP) is 1.31. The monoisotopic (exact) mass is 450 g/mol. The van der Waals surface area contributed by atoms with E-state index in [0.29, 0.717) is 24.1 Å². The van der Waals surface area contributed by atoms with E-state index in [0.717, 1.165) is 11.1 Å². The highest BCUT2D eigenvalue weighted by Crippen LogP contribution is 2.39. The second-order valence-corrected chi connectivity index (χ2v) is 8.72. The van der Waals surface area contributed by atoms with Crippen molar-refractivity contribution in [3.05, 3.63) is 59.4 Å². The molecule has 1 aromatic heterocycles. The summed E-state index contributed by atoms with van der Waals surface area (Å²) in [6.45, 7) is 3.60. The Bertz CT molecular complexity index is 1100. The van der Waals surface area contributed by atoms with Gasteiger partial charge in [0, 0.05) is 24.4 Å². The summed E-state index contributed by atoms with van der Waals surface area (Å²) >= 11 is 0. The van der Waals surface area contributed by atoms with Crippen molar-refractivity contribution in [3.8, 4) is 0 Å². The Labute approximate surface area is 191 Å². The average molecular weight is 450 g/mol. The maximum atomic E-state index is 13.4. The number of aryl methyl sites for hydroxylation is 1.